The molecule has 156 valence electrons. The van der Waals surface area contributed by atoms with Gasteiger partial charge < -0.3 is 4.57 Å². The standard InChI is InChI=1S/C24H18N6O2/c31-30(32)19-10-6-9-18(15-19)20-13-14-25-23(26-20)28-24-27-21-11-4-5-12-22(21)29(24)16-17-7-2-1-3-8-17/h1-15H,16H2,(H,25,26,27,28). The van der Waals surface area contributed by atoms with Gasteiger partial charge in [-0.25, -0.2) is 15.0 Å². The highest BCUT2D eigenvalue weighted by Gasteiger charge is 2.14. The zero-order valence-electron chi connectivity index (χ0n) is 16.9. The van der Waals surface area contributed by atoms with E-state index in [1.165, 1.54) is 12.1 Å². The summed E-state index contributed by atoms with van der Waals surface area (Å²) in [6.45, 7) is 0.633. The number of hydrogen-bond donors (Lipinski definition) is 1. The fourth-order valence-electron chi connectivity index (χ4n) is 3.56. The number of fused-ring (bicyclic) bond motifs is 1. The van der Waals surface area contributed by atoms with Crippen molar-refractivity contribution < 1.29 is 4.92 Å². The number of rotatable bonds is 6. The molecule has 3 aromatic carbocycles. The van der Waals surface area contributed by atoms with E-state index in [-0.39, 0.29) is 5.69 Å². The highest BCUT2D eigenvalue weighted by Crippen LogP contribution is 2.25. The Kier molecular flexibility index (Phi) is 5.01. The second-order valence-corrected chi connectivity index (χ2v) is 7.19. The van der Waals surface area contributed by atoms with Crippen molar-refractivity contribution in [2.24, 2.45) is 0 Å². The van der Waals surface area contributed by atoms with Crippen LogP contribution in [0, 0.1) is 10.1 Å². The summed E-state index contributed by atoms with van der Waals surface area (Å²) in [6.07, 6.45) is 1.62. The number of nitrogens with zero attached hydrogens (tertiary/aromatic N) is 5. The van der Waals surface area contributed by atoms with E-state index in [9.17, 15) is 10.1 Å². The van der Waals surface area contributed by atoms with Crippen LogP contribution in [-0.2, 0) is 6.54 Å². The van der Waals surface area contributed by atoms with Crippen molar-refractivity contribution in [2.75, 3.05) is 5.32 Å². The molecule has 0 aliphatic carbocycles. The molecule has 0 fully saturated rings. The molecule has 0 aliphatic heterocycles. The average molecular weight is 422 g/mol. The zero-order chi connectivity index (χ0) is 21.9. The lowest BCUT2D eigenvalue weighted by molar-refractivity contribution is -0.384. The minimum Gasteiger partial charge on any atom is -0.305 e. The first-order valence-electron chi connectivity index (χ1n) is 10.0. The maximum atomic E-state index is 11.1. The Bertz CT molecular complexity index is 1410. The topological polar surface area (TPSA) is 98.8 Å². The van der Waals surface area contributed by atoms with E-state index in [1.54, 1.807) is 24.4 Å². The summed E-state index contributed by atoms with van der Waals surface area (Å²) < 4.78 is 2.08. The van der Waals surface area contributed by atoms with E-state index in [4.69, 9.17) is 4.98 Å². The van der Waals surface area contributed by atoms with Crippen LogP contribution in [0.4, 0.5) is 17.6 Å². The van der Waals surface area contributed by atoms with Crippen LogP contribution in [0.3, 0.4) is 0 Å². The van der Waals surface area contributed by atoms with Crippen molar-refractivity contribution in [3.63, 3.8) is 0 Å². The SMILES string of the molecule is O=[N+]([O-])c1cccc(-c2ccnc(Nc3nc4ccccc4n3Cc3ccccc3)n2)c1. The van der Waals surface area contributed by atoms with Crippen LogP contribution < -0.4 is 5.32 Å². The van der Waals surface area contributed by atoms with Crippen molar-refractivity contribution in [2.45, 2.75) is 6.54 Å². The molecular weight excluding hydrogens is 404 g/mol. The van der Waals surface area contributed by atoms with E-state index in [0.717, 1.165) is 16.6 Å². The van der Waals surface area contributed by atoms with E-state index in [1.807, 2.05) is 42.5 Å². The molecule has 0 bridgehead atoms. The number of non-ortho nitro benzene ring substituents is 1. The third-order valence-electron chi connectivity index (χ3n) is 5.07. The van der Waals surface area contributed by atoms with E-state index in [0.29, 0.717) is 29.7 Å². The van der Waals surface area contributed by atoms with Gasteiger partial charge in [-0.3, -0.25) is 15.4 Å². The van der Waals surface area contributed by atoms with Crippen molar-refractivity contribution >= 4 is 28.6 Å². The Morgan fingerprint density at radius 3 is 2.56 bits per heavy atom. The molecule has 0 saturated carbocycles. The van der Waals surface area contributed by atoms with Crippen molar-refractivity contribution in [3.05, 3.63) is 107 Å². The van der Waals surface area contributed by atoms with Gasteiger partial charge in [0.25, 0.3) is 5.69 Å². The molecule has 8 heteroatoms. The number of para-hydroxylation sites is 2. The minimum atomic E-state index is -0.421. The molecule has 0 atom stereocenters. The zero-order valence-corrected chi connectivity index (χ0v) is 16.9. The first kappa shape index (κ1) is 19.4. The maximum absolute atomic E-state index is 11.1. The minimum absolute atomic E-state index is 0.0141. The van der Waals surface area contributed by atoms with Gasteiger partial charge in [0.2, 0.25) is 11.9 Å². The van der Waals surface area contributed by atoms with E-state index < -0.39 is 4.92 Å². The van der Waals surface area contributed by atoms with Crippen LogP contribution in [0.5, 0.6) is 0 Å². The molecule has 5 aromatic rings. The number of nitro benzene ring substituents is 1. The lowest BCUT2D eigenvalue weighted by atomic mass is 10.1. The Balaban J connectivity index is 1.51. The monoisotopic (exact) mass is 422 g/mol. The lowest BCUT2D eigenvalue weighted by Gasteiger charge is -2.11. The van der Waals surface area contributed by atoms with Gasteiger partial charge in [-0.15, -0.1) is 0 Å². The number of imidazole rings is 1. The number of nitrogens with one attached hydrogen (secondary N) is 1. The molecule has 2 aromatic heterocycles. The number of benzene rings is 3. The molecule has 0 radical (unpaired) electrons. The summed E-state index contributed by atoms with van der Waals surface area (Å²) in [6, 6.07) is 26.1. The number of hydrogen-bond acceptors (Lipinski definition) is 6. The first-order chi connectivity index (χ1) is 15.7. The summed E-state index contributed by atoms with van der Waals surface area (Å²) in [4.78, 5) is 24.3. The van der Waals surface area contributed by atoms with E-state index in [2.05, 4.69) is 32.0 Å². The third-order valence-corrected chi connectivity index (χ3v) is 5.07. The fraction of sp³-hybridized carbons (Fsp3) is 0.0417. The van der Waals surface area contributed by atoms with Gasteiger partial charge in [0.05, 0.1) is 28.2 Å². The second-order valence-electron chi connectivity index (χ2n) is 7.19. The van der Waals surface area contributed by atoms with Crippen LogP contribution >= 0.6 is 0 Å². The molecule has 0 spiro atoms. The fourth-order valence-corrected chi connectivity index (χ4v) is 3.56. The number of anilines is 2. The largest absolute Gasteiger partial charge is 0.305 e. The summed E-state index contributed by atoms with van der Waals surface area (Å²) in [5.74, 6) is 0.977. The molecule has 0 amide bonds. The summed E-state index contributed by atoms with van der Waals surface area (Å²) in [7, 11) is 0. The first-order valence-corrected chi connectivity index (χ1v) is 10.0. The summed E-state index contributed by atoms with van der Waals surface area (Å²) >= 11 is 0. The van der Waals surface area contributed by atoms with Crippen LogP contribution in [0.2, 0.25) is 0 Å². The Hall–Kier alpha value is -4.59. The van der Waals surface area contributed by atoms with Crippen LogP contribution in [-0.4, -0.2) is 24.4 Å². The van der Waals surface area contributed by atoms with Crippen LogP contribution in [0.15, 0.2) is 91.1 Å². The Labute approximate surface area is 183 Å². The predicted octanol–water partition coefficient (Wildman–Crippen LogP) is 5.19. The smallest absolute Gasteiger partial charge is 0.270 e. The highest BCUT2D eigenvalue weighted by atomic mass is 16.6. The molecule has 5 rings (SSSR count). The third kappa shape index (κ3) is 3.89. The molecular formula is C24H18N6O2. The number of aromatic nitrogens is 4. The molecule has 0 saturated heterocycles. The molecule has 1 N–H and O–H groups in total. The predicted molar refractivity (Wildman–Crippen MR) is 123 cm³/mol. The maximum Gasteiger partial charge on any atom is 0.270 e. The van der Waals surface area contributed by atoms with Gasteiger partial charge in [0, 0.05) is 23.9 Å². The van der Waals surface area contributed by atoms with Crippen LogP contribution in [0.1, 0.15) is 5.56 Å². The Morgan fingerprint density at radius 2 is 1.72 bits per heavy atom. The van der Waals surface area contributed by atoms with Gasteiger partial charge in [-0.1, -0.05) is 54.6 Å². The van der Waals surface area contributed by atoms with Gasteiger partial charge in [-0.2, -0.15) is 0 Å². The lowest BCUT2D eigenvalue weighted by Crippen LogP contribution is -2.07. The summed E-state index contributed by atoms with van der Waals surface area (Å²) in [5.41, 5.74) is 4.24. The van der Waals surface area contributed by atoms with Gasteiger partial charge in [0.15, 0.2) is 0 Å². The van der Waals surface area contributed by atoms with Crippen molar-refractivity contribution in [1.82, 2.24) is 19.5 Å². The second kappa shape index (κ2) is 8.27. The summed E-state index contributed by atoms with van der Waals surface area (Å²) in [5, 5.41) is 14.3. The number of nitro groups is 1. The Morgan fingerprint density at radius 1 is 0.906 bits per heavy atom. The quantitative estimate of drug-likeness (QED) is 0.298. The molecule has 0 aliphatic rings. The molecule has 8 nitrogen and oxygen atoms in total. The highest BCUT2D eigenvalue weighted by molar-refractivity contribution is 5.79. The molecule has 32 heavy (non-hydrogen) atoms. The van der Waals surface area contributed by atoms with Crippen LogP contribution in [0.25, 0.3) is 22.3 Å². The van der Waals surface area contributed by atoms with Crippen molar-refractivity contribution in [3.8, 4) is 11.3 Å². The van der Waals surface area contributed by atoms with Gasteiger partial charge in [-0.05, 0) is 23.8 Å². The van der Waals surface area contributed by atoms with Gasteiger partial charge >= 0.3 is 0 Å². The van der Waals surface area contributed by atoms with Gasteiger partial charge in [0.1, 0.15) is 0 Å². The average Bonchev–Trinajstić information content (AvgIpc) is 3.17. The molecule has 2 heterocycles. The molecule has 0 unspecified atom stereocenters. The van der Waals surface area contributed by atoms with E-state index >= 15 is 0 Å². The van der Waals surface area contributed by atoms with Crippen molar-refractivity contribution in [1.29, 1.82) is 0 Å². The normalized spacial score (nSPS) is 10.9.